The van der Waals surface area contributed by atoms with Crippen LogP contribution in [0.2, 0.25) is 0 Å². The Morgan fingerprint density at radius 2 is 2.19 bits per heavy atom. The van der Waals surface area contributed by atoms with E-state index in [4.69, 9.17) is 4.98 Å². The lowest BCUT2D eigenvalue weighted by Crippen LogP contribution is -2.07. The van der Waals surface area contributed by atoms with Crippen molar-refractivity contribution in [2.45, 2.75) is 50.6 Å². The van der Waals surface area contributed by atoms with Crippen molar-refractivity contribution in [1.29, 1.82) is 0 Å². The van der Waals surface area contributed by atoms with Gasteiger partial charge in [-0.15, -0.1) is 17.9 Å². The zero-order chi connectivity index (χ0) is 18.3. The third kappa shape index (κ3) is 3.03. The average molecular weight is 383 g/mol. The van der Waals surface area contributed by atoms with E-state index in [-0.39, 0.29) is 5.43 Å². The van der Waals surface area contributed by atoms with Crippen LogP contribution in [0.25, 0.3) is 10.3 Å². The summed E-state index contributed by atoms with van der Waals surface area (Å²) in [5.74, 6) is 0.852. The minimum absolute atomic E-state index is 0.141. The Hall–Kier alpha value is -1.85. The molecule has 0 N–H and O–H groups in total. The normalized spacial score (nSPS) is 13.3. The number of imidazole rings is 1. The third-order valence-electron chi connectivity index (χ3n) is 4.93. The van der Waals surface area contributed by atoms with Crippen molar-refractivity contribution in [2.24, 2.45) is 0 Å². The van der Waals surface area contributed by atoms with Crippen molar-refractivity contribution in [3.8, 4) is 0 Å². The molecule has 0 saturated heterocycles. The Morgan fingerprint density at radius 1 is 1.35 bits per heavy atom. The number of rotatable bonds is 5. The van der Waals surface area contributed by atoms with E-state index in [1.54, 1.807) is 23.1 Å². The lowest BCUT2D eigenvalue weighted by Gasteiger charge is -2.08. The van der Waals surface area contributed by atoms with Gasteiger partial charge in [0.2, 0.25) is 5.43 Å². The van der Waals surface area contributed by atoms with Crippen molar-refractivity contribution in [1.82, 2.24) is 9.55 Å². The maximum atomic E-state index is 12.9. The quantitative estimate of drug-likeness (QED) is 0.458. The van der Waals surface area contributed by atoms with E-state index in [0.717, 1.165) is 40.6 Å². The summed E-state index contributed by atoms with van der Waals surface area (Å²) in [6, 6.07) is 6.55. The Labute approximate surface area is 161 Å². The largest absolute Gasteiger partial charge is 0.307 e. The standard InChI is InChI=1S/C21H22N2OS2/c1-4-10-23-20-18(19(24)16-6-5-7-17(16)26-20)22-21(23)25-12-15-9-8-13(2)11-14(15)3/h4,8-9,11H,1,5-7,10,12H2,2-3H3. The molecular formula is C21H22N2OS2. The second-order valence-electron chi connectivity index (χ2n) is 6.85. The van der Waals surface area contributed by atoms with E-state index in [2.05, 4.69) is 43.2 Å². The number of nitrogens with zero attached hydrogens (tertiary/aromatic N) is 2. The summed E-state index contributed by atoms with van der Waals surface area (Å²) < 4.78 is 2.15. The van der Waals surface area contributed by atoms with Gasteiger partial charge < -0.3 is 4.57 Å². The molecule has 0 saturated carbocycles. The summed E-state index contributed by atoms with van der Waals surface area (Å²) in [4.78, 5) is 19.8. The zero-order valence-corrected chi connectivity index (χ0v) is 16.8. The molecule has 0 fully saturated rings. The van der Waals surface area contributed by atoms with E-state index < -0.39 is 0 Å². The first-order valence-corrected chi connectivity index (χ1v) is 10.7. The van der Waals surface area contributed by atoms with Gasteiger partial charge in [0, 0.05) is 22.7 Å². The SMILES string of the molecule is C=CCn1c(SCc2ccc(C)cc2C)nc2c(=O)c3c(sc21)CCC3. The molecule has 0 bridgehead atoms. The molecule has 0 spiro atoms. The minimum Gasteiger partial charge on any atom is -0.307 e. The first kappa shape index (κ1) is 17.6. The molecule has 0 unspecified atom stereocenters. The van der Waals surface area contributed by atoms with E-state index >= 15 is 0 Å². The Balaban J connectivity index is 1.74. The predicted molar refractivity (Wildman–Crippen MR) is 112 cm³/mol. The van der Waals surface area contributed by atoms with Gasteiger partial charge in [-0.25, -0.2) is 4.98 Å². The van der Waals surface area contributed by atoms with Crippen molar-refractivity contribution in [3.63, 3.8) is 0 Å². The molecule has 4 rings (SSSR count). The van der Waals surface area contributed by atoms with Crippen LogP contribution >= 0.6 is 23.1 Å². The van der Waals surface area contributed by atoms with Gasteiger partial charge in [-0.2, -0.15) is 0 Å². The summed E-state index contributed by atoms with van der Waals surface area (Å²) in [5.41, 5.74) is 5.67. The second kappa shape index (κ2) is 7.05. The van der Waals surface area contributed by atoms with Crippen LogP contribution in [0.5, 0.6) is 0 Å². The van der Waals surface area contributed by atoms with Crippen molar-refractivity contribution < 1.29 is 0 Å². The summed E-state index contributed by atoms with van der Waals surface area (Å²) in [6.45, 7) is 8.84. The van der Waals surface area contributed by atoms with E-state index in [9.17, 15) is 4.79 Å². The number of fused-ring (bicyclic) bond motifs is 2. The fraction of sp³-hybridized carbons (Fsp3) is 0.333. The number of hydrogen-bond acceptors (Lipinski definition) is 4. The highest BCUT2D eigenvalue weighted by molar-refractivity contribution is 7.98. The molecule has 3 nitrogen and oxygen atoms in total. The lowest BCUT2D eigenvalue weighted by atomic mass is 10.1. The number of aryl methyl sites for hydroxylation is 3. The summed E-state index contributed by atoms with van der Waals surface area (Å²) in [5, 5.41) is 0.914. The molecule has 1 aliphatic rings. The molecule has 1 aliphatic carbocycles. The molecule has 5 heteroatoms. The van der Waals surface area contributed by atoms with Crippen LogP contribution in [0.4, 0.5) is 0 Å². The van der Waals surface area contributed by atoms with Gasteiger partial charge in [-0.1, -0.05) is 41.6 Å². The topological polar surface area (TPSA) is 34.9 Å². The second-order valence-corrected chi connectivity index (χ2v) is 8.88. The van der Waals surface area contributed by atoms with Crippen LogP contribution in [0.1, 0.15) is 33.6 Å². The molecule has 26 heavy (non-hydrogen) atoms. The van der Waals surface area contributed by atoms with E-state index in [1.807, 2.05) is 6.08 Å². The summed E-state index contributed by atoms with van der Waals surface area (Å²) >= 11 is 3.45. The smallest absolute Gasteiger partial charge is 0.211 e. The monoisotopic (exact) mass is 382 g/mol. The Morgan fingerprint density at radius 3 is 2.96 bits per heavy atom. The first-order chi connectivity index (χ1) is 12.6. The maximum absolute atomic E-state index is 12.9. The van der Waals surface area contributed by atoms with Crippen LogP contribution in [0.15, 0.2) is 40.8 Å². The van der Waals surface area contributed by atoms with Crippen LogP contribution in [0, 0.1) is 13.8 Å². The fourth-order valence-corrected chi connectivity index (χ4v) is 6.00. The highest BCUT2D eigenvalue weighted by atomic mass is 32.2. The summed E-state index contributed by atoms with van der Waals surface area (Å²) in [7, 11) is 0. The number of benzene rings is 1. The highest BCUT2D eigenvalue weighted by Gasteiger charge is 2.22. The van der Waals surface area contributed by atoms with E-state index in [1.165, 1.54) is 21.6 Å². The van der Waals surface area contributed by atoms with Crippen LogP contribution < -0.4 is 5.43 Å². The molecular weight excluding hydrogens is 360 g/mol. The van der Waals surface area contributed by atoms with Gasteiger partial charge >= 0.3 is 0 Å². The molecule has 0 radical (unpaired) electrons. The number of hydrogen-bond donors (Lipinski definition) is 0. The van der Waals surface area contributed by atoms with E-state index in [0.29, 0.717) is 12.1 Å². The Bertz CT molecular complexity index is 1060. The van der Waals surface area contributed by atoms with Gasteiger partial charge in [-0.05, 0) is 44.2 Å². The Kier molecular flexibility index (Phi) is 4.76. The van der Waals surface area contributed by atoms with Crippen LogP contribution in [-0.4, -0.2) is 9.55 Å². The van der Waals surface area contributed by atoms with Gasteiger partial charge in [0.1, 0.15) is 10.3 Å². The predicted octanol–water partition coefficient (Wildman–Crippen LogP) is 5.04. The number of thioether (sulfide) groups is 1. The molecule has 3 aromatic rings. The molecule has 134 valence electrons. The maximum Gasteiger partial charge on any atom is 0.211 e. The molecule has 2 aromatic heterocycles. The third-order valence-corrected chi connectivity index (χ3v) is 7.26. The number of aromatic nitrogens is 2. The highest BCUT2D eigenvalue weighted by Crippen LogP contribution is 2.33. The molecule has 0 aliphatic heterocycles. The van der Waals surface area contributed by atoms with Crippen molar-refractivity contribution >= 4 is 33.4 Å². The molecule has 0 amide bonds. The van der Waals surface area contributed by atoms with Gasteiger partial charge in [0.25, 0.3) is 0 Å². The van der Waals surface area contributed by atoms with Crippen LogP contribution in [-0.2, 0) is 25.1 Å². The lowest BCUT2D eigenvalue weighted by molar-refractivity contribution is 0.752. The van der Waals surface area contributed by atoms with Crippen molar-refractivity contribution in [3.05, 3.63) is 68.2 Å². The van der Waals surface area contributed by atoms with Gasteiger partial charge in [0.15, 0.2) is 5.16 Å². The molecule has 1 aromatic carbocycles. The molecule has 2 heterocycles. The minimum atomic E-state index is 0.141. The summed E-state index contributed by atoms with van der Waals surface area (Å²) in [6.07, 6.45) is 4.89. The van der Waals surface area contributed by atoms with Gasteiger partial charge in [0.05, 0.1) is 0 Å². The van der Waals surface area contributed by atoms with Gasteiger partial charge in [-0.3, -0.25) is 4.79 Å². The van der Waals surface area contributed by atoms with Crippen molar-refractivity contribution in [2.75, 3.05) is 0 Å². The fourth-order valence-electron chi connectivity index (χ4n) is 3.55. The van der Waals surface area contributed by atoms with Crippen LogP contribution in [0.3, 0.4) is 0 Å². The number of allylic oxidation sites excluding steroid dienone is 1. The molecule has 0 atom stereocenters. The zero-order valence-electron chi connectivity index (χ0n) is 15.2. The average Bonchev–Trinajstić information content (AvgIpc) is 3.21. The first-order valence-electron chi connectivity index (χ1n) is 8.93.